The summed E-state index contributed by atoms with van der Waals surface area (Å²) in [5.74, 6) is -0.258. The average Bonchev–Trinajstić information content (AvgIpc) is 2.74. The molecule has 0 aliphatic rings. The molecule has 6 heteroatoms. The molecule has 1 heterocycles. The van der Waals surface area contributed by atoms with Crippen molar-refractivity contribution in [1.29, 1.82) is 0 Å². The summed E-state index contributed by atoms with van der Waals surface area (Å²) >= 11 is 13.7. The van der Waals surface area contributed by atoms with Gasteiger partial charge >= 0.3 is 0 Å². The molecule has 0 saturated heterocycles. The zero-order valence-electron chi connectivity index (χ0n) is 12.9. The van der Waals surface area contributed by atoms with Crippen molar-refractivity contribution >= 4 is 50.7 Å². The Morgan fingerprint density at radius 3 is 2.61 bits per heavy atom. The summed E-state index contributed by atoms with van der Waals surface area (Å²) < 4.78 is 2.72. The maximum Gasteiger partial charge on any atom is 0.279 e. The summed E-state index contributed by atoms with van der Waals surface area (Å²) in [4.78, 5) is 17.4. The van der Waals surface area contributed by atoms with Crippen LogP contribution in [0.3, 0.4) is 0 Å². The molecule has 0 N–H and O–H groups in total. The molecule has 23 heavy (non-hydrogen) atoms. The number of rotatable bonds is 1. The highest BCUT2D eigenvalue weighted by Crippen LogP contribution is 2.29. The number of hydrogen-bond donors (Lipinski definition) is 0. The number of thiazole rings is 1. The highest BCUT2D eigenvalue weighted by Gasteiger charge is 2.12. The normalized spacial score (nSPS) is 12.1. The van der Waals surface area contributed by atoms with Crippen molar-refractivity contribution in [1.82, 2.24) is 4.57 Å². The molecule has 0 saturated carbocycles. The zero-order chi connectivity index (χ0) is 16.7. The number of nitrogens with zero attached hydrogens (tertiary/aromatic N) is 2. The number of aryl methyl sites for hydroxylation is 3. The van der Waals surface area contributed by atoms with Gasteiger partial charge in [0.2, 0.25) is 0 Å². The quantitative estimate of drug-likeness (QED) is 0.604. The third kappa shape index (κ3) is 3.07. The summed E-state index contributed by atoms with van der Waals surface area (Å²) in [6, 6.07) is 9.22. The number of halogens is 2. The molecule has 0 aliphatic heterocycles. The molecule has 0 atom stereocenters. The van der Waals surface area contributed by atoms with Crippen LogP contribution in [0.25, 0.3) is 10.2 Å². The van der Waals surface area contributed by atoms with E-state index in [4.69, 9.17) is 23.2 Å². The maximum atomic E-state index is 12.5. The number of carbonyl (C=O) groups is 1. The summed E-state index contributed by atoms with van der Waals surface area (Å²) in [5.41, 5.74) is 3.47. The molecule has 0 bridgehead atoms. The van der Waals surface area contributed by atoms with Gasteiger partial charge in [-0.25, -0.2) is 0 Å². The fraction of sp³-hybridized carbons (Fsp3) is 0.176. The minimum Gasteiger partial charge on any atom is -0.318 e. The van der Waals surface area contributed by atoms with Crippen LogP contribution in [0.2, 0.25) is 10.0 Å². The molecule has 0 aliphatic carbocycles. The minimum atomic E-state index is -0.258. The topological polar surface area (TPSA) is 34.4 Å². The van der Waals surface area contributed by atoms with Crippen molar-refractivity contribution in [3.8, 4) is 0 Å². The first-order chi connectivity index (χ1) is 10.9. The van der Waals surface area contributed by atoms with Crippen LogP contribution in [-0.2, 0) is 7.05 Å². The van der Waals surface area contributed by atoms with Gasteiger partial charge in [0.25, 0.3) is 5.91 Å². The summed E-state index contributed by atoms with van der Waals surface area (Å²) in [6.45, 7) is 3.91. The van der Waals surface area contributed by atoms with Crippen LogP contribution in [0.4, 0.5) is 0 Å². The van der Waals surface area contributed by atoms with Crippen LogP contribution < -0.4 is 4.80 Å². The van der Waals surface area contributed by atoms with Crippen molar-refractivity contribution in [3.63, 3.8) is 0 Å². The van der Waals surface area contributed by atoms with Gasteiger partial charge in [0.15, 0.2) is 4.80 Å². The molecule has 1 amide bonds. The molecule has 2 aromatic carbocycles. The van der Waals surface area contributed by atoms with Gasteiger partial charge in [0.05, 0.1) is 15.2 Å². The second-order valence-electron chi connectivity index (χ2n) is 5.41. The second kappa shape index (κ2) is 6.11. The Kier molecular flexibility index (Phi) is 4.32. The van der Waals surface area contributed by atoms with Gasteiger partial charge in [-0.2, -0.15) is 4.99 Å². The Bertz CT molecular complexity index is 1000. The Labute approximate surface area is 147 Å². The van der Waals surface area contributed by atoms with Gasteiger partial charge in [0, 0.05) is 17.6 Å². The predicted molar refractivity (Wildman–Crippen MR) is 96.6 cm³/mol. The largest absolute Gasteiger partial charge is 0.318 e. The summed E-state index contributed by atoms with van der Waals surface area (Å²) in [7, 11) is 1.84. The van der Waals surface area contributed by atoms with Crippen molar-refractivity contribution in [2.45, 2.75) is 13.8 Å². The number of benzene rings is 2. The van der Waals surface area contributed by atoms with Gasteiger partial charge in [0.1, 0.15) is 0 Å². The Morgan fingerprint density at radius 2 is 1.91 bits per heavy atom. The lowest BCUT2D eigenvalue weighted by molar-refractivity contribution is 0.0997. The summed E-state index contributed by atoms with van der Waals surface area (Å²) in [5, 5.41) is 1.11. The van der Waals surface area contributed by atoms with Crippen molar-refractivity contribution in [2.75, 3.05) is 0 Å². The van der Waals surface area contributed by atoms with E-state index < -0.39 is 0 Å². The Morgan fingerprint density at radius 1 is 1.17 bits per heavy atom. The molecular weight excluding hydrogens is 351 g/mol. The van der Waals surface area contributed by atoms with Gasteiger partial charge < -0.3 is 4.57 Å². The van der Waals surface area contributed by atoms with Gasteiger partial charge in [-0.3, -0.25) is 4.79 Å². The third-order valence-electron chi connectivity index (χ3n) is 3.63. The second-order valence-corrected chi connectivity index (χ2v) is 7.27. The Hall–Kier alpha value is -1.62. The van der Waals surface area contributed by atoms with Gasteiger partial charge in [-0.15, -0.1) is 0 Å². The molecule has 3 rings (SSSR count). The van der Waals surface area contributed by atoms with Crippen molar-refractivity contribution in [2.24, 2.45) is 12.0 Å². The van der Waals surface area contributed by atoms with E-state index in [0.29, 0.717) is 20.4 Å². The van der Waals surface area contributed by atoms with E-state index in [9.17, 15) is 4.79 Å². The first-order valence-electron chi connectivity index (χ1n) is 6.97. The standard InChI is InChI=1S/C17H14Cl2N2OS/c1-9-4-5-12(10(2)6-9)16(22)20-17-21(3)15-13(19)7-11(18)8-14(15)23-17/h4-8H,1-3H3. The van der Waals surface area contributed by atoms with Gasteiger partial charge in [-0.05, 0) is 37.6 Å². The lowest BCUT2D eigenvalue weighted by atomic mass is 10.1. The number of carbonyl (C=O) groups excluding carboxylic acids is 1. The molecule has 3 nitrogen and oxygen atoms in total. The maximum absolute atomic E-state index is 12.5. The molecule has 1 aromatic heterocycles. The zero-order valence-corrected chi connectivity index (χ0v) is 15.2. The monoisotopic (exact) mass is 364 g/mol. The van der Waals surface area contributed by atoms with E-state index in [-0.39, 0.29) is 5.91 Å². The minimum absolute atomic E-state index is 0.258. The molecule has 118 valence electrons. The SMILES string of the molecule is Cc1ccc(C(=O)N=c2sc3cc(Cl)cc(Cl)c3n2C)c(C)c1. The first-order valence-corrected chi connectivity index (χ1v) is 8.55. The van der Waals surface area contributed by atoms with Crippen LogP contribution in [0.1, 0.15) is 21.5 Å². The van der Waals surface area contributed by atoms with E-state index >= 15 is 0 Å². The van der Waals surface area contributed by atoms with E-state index in [1.165, 1.54) is 11.3 Å². The van der Waals surface area contributed by atoms with E-state index in [1.807, 2.05) is 49.7 Å². The molecular formula is C17H14Cl2N2OS. The first kappa shape index (κ1) is 16.2. The lowest BCUT2D eigenvalue weighted by Gasteiger charge is -2.02. The van der Waals surface area contributed by atoms with E-state index in [0.717, 1.165) is 21.3 Å². The van der Waals surface area contributed by atoms with Crippen LogP contribution >= 0.6 is 34.5 Å². The highest BCUT2D eigenvalue weighted by atomic mass is 35.5. The van der Waals surface area contributed by atoms with Crippen LogP contribution in [0.15, 0.2) is 35.3 Å². The van der Waals surface area contributed by atoms with E-state index in [1.54, 1.807) is 6.07 Å². The van der Waals surface area contributed by atoms with E-state index in [2.05, 4.69) is 4.99 Å². The number of hydrogen-bond acceptors (Lipinski definition) is 2. The lowest BCUT2D eigenvalue weighted by Crippen LogP contribution is -2.14. The number of aromatic nitrogens is 1. The van der Waals surface area contributed by atoms with Gasteiger partial charge in [-0.1, -0.05) is 52.2 Å². The predicted octanol–water partition coefficient (Wildman–Crippen LogP) is 4.90. The average molecular weight is 365 g/mol. The molecule has 0 fully saturated rings. The van der Waals surface area contributed by atoms with Crippen LogP contribution in [0.5, 0.6) is 0 Å². The Balaban J connectivity index is 2.16. The smallest absolute Gasteiger partial charge is 0.279 e. The fourth-order valence-corrected chi connectivity index (χ4v) is 4.33. The van der Waals surface area contributed by atoms with Crippen LogP contribution in [0, 0.1) is 13.8 Å². The van der Waals surface area contributed by atoms with Crippen molar-refractivity contribution < 1.29 is 4.79 Å². The molecule has 3 aromatic rings. The number of amides is 1. The fourth-order valence-electron chi connectivity index (χ4n) is 2.51. The molecule has 0 radical (unpaired) electrons. The van der Waals surface area contributed by atoms with Crippen molar-refractivity contribution in [3.05, 3.63) is 61.9 Å². The number of fused-ring (bicyclic) bond motifs is 1. The highest BCUT2D eigenvalue weighted by molar-refractivity contribution is 7.16. The summed E-state index contributed by atoms with van der Waals surface area (Å²) in [6.07, 6.45) is 0. The molecule has 0 unspecified atom stereocenters. The molecule has 0 spiro atoms. The third-order valence-corrected chi connectivity index (χ3v) is 5.21. The van der Waals surface area contributed by atoms with Crippen LogP contribution in [-0.4, -0.2) is 10.5 Å².